The molecule has 2 heteroatoms. The summed E-state index contributed by atoms with van der Waals surface area (Å²) in [5.41, 5.74) is 6.63. The monoisotopic (exact) mass is 331 g/mol. The molecule has 0 aromatic heterocycles. The van der Waals surface area contributed by atoms with Crippen LogP contribution in [0.4, 0.5) is 0 Å². The van der Waals surface area contributed by atoms with Crippen LogP contribution in [0, 0.1) is 20.8 Å². The first-order valence-electron chi connectivity index (χ1n) is 7.09. The van der Waals surface area contributed by atoms with Crippen LogP contribution in [0.5, 0.6) is 0 Å². The molecule has 2 rings (SSSR count). The van der Waals surface area contributed by atoms with Gasteiger partial charge in [-0.2, -0.15) is 0 Å². The van der Waals surface area contributed by atoms with Crippen molar-refractivity contribution in [1.29, 1.82) is 0 Å². The lowest BCUT2D eigenvalue weighted by atomic mass is 9.93. The smallest absolute Gasteiger partial charge is 0.0579 e. The van der Waals surface area contributed by atoms with Crippen molar-refractivity contribution in [2.24, 2.45) is 0 Å². The Bertz CT molecular complexity index is 584. The first-order chi connectivity index (χ1) is 9.51. The van der Waals surface area contributed by atoms with E-state index in [-0.39, 0.29) is 6.04 Å². The fourth-order valence-corrected chi connectivity index (χ4v) is 3.23. The summed E-state index contributed by atoms with van der Waals surface area (Å²) in [6.45, 7) is 9.60. The van der Waals surface area contributed by atoms with Gasteiger partial charge in [0.25, 0.3) is 0 Å². The van der Waals surface area contributed by atoms with Gasteiger partial charge in [-0.3, -0.25) is 0 Å². The van der Waals surface area contributed by atoms with Crippen molar-refractivity contribution < 1.29 is 0 Å². The Balaban J connectivity index is 2.49. The molecule has 0 heterocycles. The van der Waals surface area contributed by atoms with Crippen molar-refractivity contribution >= 4 is 15.9 Å². The highest BCUT2D eigenvalue weighted by atomic mass is 79.9. The van der Waals surface area contributed by atoms with Crippen LogP contribution in [0.15, 0.2) is 40.9 Å². The van der Waals surface area contributed by atoms with Gasteiger partial charge in [0.1, 0.15) is 0 Å². The molecule has 1 unspecified atom stereocenters. The lowest BCUT2D eigenvalue weighted by Crippen LogP contribution is -2.23. The van der Waals surface area contributed by atoms with Crippen molar-refractivity contribution in [3.8, 4) is 0 Å². The summed E-state index contributed by atoms with van der Waals surface area (Å²) in [4.78, 5) is 0. The van der Waals surface area contributed by atoms with Crippen LogP contribution in [0.1, 0.15) is 40.8 Å². The van der Waals surface area contributed by atoms with Gasteiger partial charge in [-0.25, -0.2) is 0 Å². The van der Waals surface area contributed by atoms with E-state index in [1.807, 2.05) is 0 Å². The van der Waals surface area contributed by atoms with E-state index in [0.717, 1.165) is 11.0 Å². The first-order valence-corrected chi connectivity index (χ1v) is 7.88. The fourth-order valence-electron chi connectivity index (χ4n) is 2.75. The second-order valence-electron chi connectivity index (χ2n) is 5.41. The summed E-state index contributed by atoms with van der Waals surface area (Å²) >= 11 is 3.54. The lowest BCUT2D eigenvalue weighted by molar-refractivity contribution is 0.627. The molecule has 0 saturated carbocycles. The Morgan fingerprint density at radius 1 is 1.00 bits per heavy atom. The van der Waals surface area contributed by atoms with E-state index in [9.17, 15) is 0 Å². The molecule has 0 radical (unpaired) electrons. The minimum absolute atomic E-state index is 0.256. The Kier molecular flexibility index (Phi) is 5.00. The summed E-state index contributed by atoms with van der Waals surface area (Å²) in [7, 11) is 0. The maximum absolute atomic E-state index is 3.61. The van der Waals surface area contributed by atoms with Crippen LogP contribution in [-0.2, 0) is 0 Å². The molecule has 1 atom stereocenters. The van der Waals surface area contributed by atoms with Gasteiger partial charge in [0.05, 0.1) is 6.04 Å². The Morgan fingerprint density at radius 2 is 1.65 bits per heavy atom. The molecule has 1 N–H and O–H groups in total. The molecule has 0 aliphatic heterocycles. The van der Waals surface area contributed by atoms with Crippen LogP contribution in [-0.4, -0.2) is 6.54 Å². The predicted molar refractivity (Wildman–Crippen MR) is 90.3 cm³/mol. The molecule has 0 amide bonds. The first kappa shape index (κ1) is 15.3. The number of hydrogen-bond donors (Lipinski definition) is 1. The highest BCUT2D eigenvalue weighted by Crippen LogP contribution is 2.28. The van der Waals surface area contributed by atoms with E-state index in [1.54, 1.807) is 0 Å². The lowest BCUT2D eigenvalue weighted by Gasteiger charge is -2.22. The van der Waals surface area contributed by atoms with Gasteiger partial charge in [-0.1, -0.05) is 58.2 Å². The molecule has 2 aromatic rings. The number of benzene rings is 2. The normalized spacial score (nSPS) is 12.4. The summed E-state index contributed by atoms with van der Waals surface area (Å²) < 4.78 is 1.13. The van der Waals surface area contributed by atoms with Crippen LogP contribution >= 0.6 is 15.9 Å². The average molecular weight is 332 g/mol. The van der Waals surface area contributed by atoms with E-state index >= 15 is 0 Å². The molecule has 0 bridgehead atoms. The largest absolute Gasteiger partial charge is 0.307 e. The van der Waals surface area contributed by atoms with E-state index in [2.05, 4.69) is 85.3 Å². The molecule has 0 fully saturated rings. The van der Waals surface area contributed by atoms with Gasteiger partial charge in [0.15, 0.2) is 0 Å². The Hall–Kier alpha value is -1.12. The van der Waals surface area contributed by atoms with Gasteiger partial charge in [-0.05, 0) is 56.1 Å². The number of rotatable bonds is 4. The summed E-state index contributed by atoms with van der Waals surface area (Å²) in [6.07, 6.45) is 0. The highest BCUT2D eigenvalue weighted by Gasteiger charge is 2.15. The van der Waals surface area contributed by atoms with Crippen molar-refractivity contribution in [3.63, 3.8) is 0 Å². The SMILES string of the molecule is CCNC(c1cc(C)cc(C)c1)c1ccc(Br)cc1C. The zero-order chi connectivity index (χ0) is 14.7. The van der Waals surface area contributed by atoms with Crippen molar-refractivity contribution in [1.82, 2.24) is 5.32 Å². The number of halogens is 1. The Labute approximate surface area is 130 Å². The van der Waals surface area contributed by atoms with Crippen LogP contribution in [0.3, 0.4) is 0 Å². The van der Waals surface area contributed by atoms with E-state index in [0.29, 0.717) is 0 Å². The average Bonchev–Trinajstić information content (AvgIpc) is 2.35. The molecule has 20 heavy (non-hydrogen) atoms. The van der Waals surface area contributed by atoms with E-state index < -0.39 is 0 Å². The molecule has 0 aliphatic carbocycles. The molecule has 1 nitrogen and oxygen atoms in total. The van der Waals surface area contributed by atoms with Crippen molar-refractivity contribution in [2.75, 3.05) is 6.54 Å². The summed E-state index contributed by atoms with van der Waals surface area (Å²) in [6, 6.07) is 13.6. The van der Waals surface area contributed by atoms with E-state index in [1.165, 1.54) is 27.8 Å². The highest BCUT2D eigenvalue weighted by molar-refractivity contribution is 9.10. The second kappa shape index (κ2) is 6.55. The molecule has 2 aromatic carbocycles. The molecule has 0 aliphatic rings. The zero-order valence-electron chi connectivity index (χ0n) is 12.6. The number of nitrogens with one attached hydrogen (secondary N) is 1. The van der Waals surface area contributed by atoms with Gasteiger partial charge < -0.3 is 5.32 Å². The minimum atomic E-state index is 0.256. The van der Waals surface area contributed by atoms with Gasteiger partial charge in [0, 0.05) is 4.47 Å². The molecule has 0 spiro atoms. The molecule has 106 valence electrons. The van der Waals surface area contributed by atoms with Crippen molar-refractivity contribution in [3.05, 3.63) is 68.7 Å². The second-order valence-corrected chi connectivity index (χ2v) is 6.33. The van der Waals surface area contributed by atoms with E-state index in [4.69, 9.17) is 0 Å². The van der Waals surface area contributed by atoms with Gasteiger partial charge in [-0.15, -0.1) is 0 Å². The minimum Gasteiger partial charge on any atom is -0.307 e. The number of hydrogen-bond acceptors (Lipinski definition) is 1. The third kappa shape index (κ3) is 3.50. The van der Waals surface area contributed by atoms with Crippen LogP contribution in [0.25, 0.3) is 0 Å². The molecular weight excluding hydrogens is 310 g/mol. The maximum Gasteiger partial charge on any atom is 0.0579 e. The topological polar surface area (TPSA) is 12.0 Å². The number of aryl methyl sites for hydroxylation is 3. The summed E-state index contributed by atoms with van der Waals surface area (Å²) in [5, 5.41) is 3.61. The standard InChI is InChI=1S/C18H22BrN/c1-5-20-18(15-9-12(2)8-13(3)10-15)17-7-6-16(19)11-14(17)4/h6-11,18,20H,5H2,1-4H3. The third-order valence-corrected chi connectivity index (χ3v) is 4.02. The fraction of sp³-hybridized carbons (Fsp3) is 0.333. The van der Waals surface area contributed by atoms with Crippen LogP contribution < -0.4 is 5.32 Å². The van der Waals surface area contributed by atoms with Crippen LogP contribution in [0.2, 0.25) is 0 Å². The summed E-state index contributed by atoms with van der Waals surface area (Å²) in [5.74, 6) is 0. The molecular formula is C18H22BrN. The maximum atomic E-state index is 3.61. The quantitative estimate of drug-likeness (QED) is 0.824. The van der Waals surface area contributed by atoms with Gasteiger partial charge in [0.2, 0.25) is 0 Å². The zero-order valence-corrected chi connectivity index (χ0v) is 14.2. The third-order valence-electron chi connectivity index (χ3n) is 3.53. The molecule has 0 saturated heterocycles. The van der Waals surface area contributed by atoms with Crippen molar-refractivity contribution in [2.45, 2.75) is 33.7 Å². The van der Waals surface area contributed by atoms with Gasteiger partial charge >= 0.3 is 0 Å². The Morgan fingerprint density at radius 3 is 2.20 bits per heavy atom. The predicted octanol–water partition coefficient (Wildman–Crippen LogP) is 5.07.